The topological polar surface area (TPSA) is 58.5 Å². The average molecular weight is 351 g/mol. The van der Waals surface area contributed by atoms with E-state index in [2.05, 4.69) is 34.5 Å². The summed E-state index contributed by atoms with van der Waals surface area (Å²) in [6.45, 7) is 5.74. The molecule has 1 aromatic heterocycles. The van der Waals surface area contributed by atoms with Crippen molar-refractivity contribution in [2.75, 3.05) is 13.7 Å². The maximum absolute atomic E-state index is 6.04. The Morgan fingerprint density at radius 3 is 2.83 bits per heavy atom. The summed E-state index contributed by atoms with van der Waals surface area (Å²) in [5, 5.41) is 8.18. The SMILES string of the molecule is CCOC1CC(NC(=NC)NCc2ncc(C)s2)C12CCCCC2. The van der Waals surface area contributed by atoms with Crippen molar-refractivity contribution >= 4 is 17.3 Å². The molecule has 6 heteroatoms. The van der Waals surface area contributed by atoms with E-state index < -0.39 is 0 Å². The van der Waals surface area contributed by atoms with E-state index in [1.165, 1.54) is 37.0 Å². The highest BCUT2D eigenvalue weighted by molar-refractivity contribution is 7.11. The van der Waals surface area contributed by atoms with Gasteiger partial charge in [-0.2, -0.15) is 0 Å². The molecule has 1 aromatic rings. The average Bonchev–Trinajstić information content (AvgIpc) is 3.03. The lowest BCUT2D eigenvalue weighted by molar-refractivity contribution is -0.145. The van der Waals surface area contributed by atoms with Crippen LogP contribution in [-0.4, -0.2) is 36.7 Å². The largest absolute Gasteiger partial charge is 0.378 e. The lowest BCUT2D eigenvalue weighted by atomic mass is 9.55. The molecular weight excluding hydrogens is 320 g/mol. The third-order valence-corrected chi connectivity index (χ3v) is 6.46. The van der Waals surface area contributed by atoms with Gasteiger partial charge in [0.25, 0.3) is 0 Å². The molecular formula is C18H30N4OS. The van der Waals surface area contributed by atoms with Gasteiger partial charge in [0, 0.05) is 36.2 Å². The van der Waals surface area contributed by atoms with Gasteiger partial charge in [0.1, 0.15) is 5.01 Å². The van der Waals surface area contributed by atoms with Gasteiger partial charge in [-0.25, -0.2) is 4.98 Å². The number of hydrogen-bond donors (Lipinski definition) is 2. The zero-order valence-corrected chi connectivity index (χ0v) is 15.9. The summed E-state index contributed by atoms with van der Waals surface area (Å²) < 4.78 is 6.04. The van der Waals surface area contributed by atoms with E-state index in [0.717, 1.165) is 30.5 Å². The van der Waals surface area contributed by atoms with Crippen molar-refractivity contribution in [1.29, 1.82) is 0 Å². The van der Waals surface area contributed by atoms with Crippen LogP contribution in [0.2, 0.25) is 0 Å². The monoisotopic (exact) mass is 350 g/mol. The Kier molecular flexibility index (Phi) is 5.76. The first kappa shape index (κ1) is 17.7. The second kappa shape index (κ2) is 7.83. The fraction of sp³-hybridized carbons (Fsp3) is 0.778. The highest BCUT2D eigenvalue weighted by Crippen LogP contribution is 2.53. The number of rotatable bonds is 5. The smallest absolute Gasteiger partial charge is 0.191 e. The summed E-state index contributed by atoms with van der Waals surface area (Å²) in [4.78, 5) is 10.1. The first-order valence-electron chi connectivity index (χ1n) is 9.18. The molecule has 0 bridgehead atoms. The van der Waals surface area contributed by atoms with Crippen LogP contribution >= 0.6 is 11.3 Å². The van der Waals surface area contributed by atoms with Gasteiger partial charge in [0.15, 0.2) is 5.96 Å². The third kappa shape index (κ3) is 3.59. The fourth-order valence-electron chi connectivity index (χ4n) is 4.27. The Labute approximate surface area is 149 Å². The van der Waals surface area contributed by atoms with Crippen molar-refractivity contribution < 1.29 is 4.74 Å². The van der Waals surface area contributed by atoms with Gasteiger partial charge in [-0.3, -0.25) is 4.99 Å². The lowest BCUT2D eigenvalue weighted by Gasteiger charge is -2.57. The van der Waals surface area contributed by atoms with Crippen LogP contribution in [0.1, 0.15) is 55.3 Å². The Bertz CT molecular complexity index is 565. The van der Waals surface area contributed by atoms with Gasteiger partial charge in [0.05, 0.1) is 12.6 Å². The third-order valence-electron chi connectivity index (χ3n) is 5.55. The quantitative estimate of drug-likeness (QED) is 0.632. The molecule has 0 saturated heterocycles. The van der Waals surface area contributed by atoms with Crippen LogP contribution in [0.5, 0.6) is 0 Å². The molecule has 1 heterocycles. The number of aromatic nitrogens is 1. The maximum atomic E-state index is 6.04. The van der Waals surface area contributed by atoms with Crippen molar-refractivity contribution in [3.05, 3.63) is 16.1 Å². The van der Waals surface area contributed by atoms with Crippen molar-refractivity contribution in [1.82, 2.24) is 15.6 Å². The molecule has 134 valence electrons. The minimum absolute atomic E-state index is 0.309. The lowest BCUT2D eigenvalue weighted by Crippen LogP contribution is -2.66. The van der Waals surface area contributed by atoms with Gasteiger partial charge >= 0.3 is 0 Å². The van der Waals surface area contributed by atoms with Crippen molar-refractivity contribution in [3.8, 4) is 0 Å². The van der Waals surface area contributed by atoms with Crippen molar-refractivity contribution in [2.45, 2.75) is 71.1 Å². The zero-order chi connectivity index (χ0) is 17.0. The van der Waals surface area contributed by atoms with Crippen LogP contribution < -0.4 is 10.6 Å². The number of aliphatic imine (C=N–C) groups is 1. The predicted octanol–water partition coefficient (Wildman–Crippen LogP) is 3.24. The molecule has 0 radical (unpaired) electrons. The molecule has 2 N–H and O–H groups in total. The summed E-state index contributed by atoms with van der Waals surface area (Å²) in [5.74, 6) is 0.882. The molecule has 1 spiro atoms. The van der Waals surface area contributed by atoms with E-state index >= 15 is 0 Å². The highest BCUT2D eigenvalue weighted by Gasteiger charge is 2.55. The number of ether oxygens (including phenoxy) is 1. The summed E-state index contributed by atoms with van der Waals surface area (Å²) in [7, 11) is 1.84. The van der Waals surface area contributed by atoms with Crippen LogP contribution in [0.25, 0.3) is 0 Å². The number of nitrogens with one attached hydrogen (secondary N) is 2. The molecule has 0 aromatic carbocycles. The number of aryl methyl sites for hydroxylation is 1. The van der Waals surface area contributed by atoms with Gasteiger partial charge < -0.3 is 15.4 Å². The summed E-state index contributed by atoms with van der Waals surface area (Å²) in [6, 6.07) is 0.471. The molecule has 2 aliphatic rings. The summed E-state index contributed by atoms with van der Waals surface area (Å²) in [6.07, 6.45) is 10.00. The molecule has 0 amide bonds. The van der Waals surface area contributed by atoms with E-state index in [-0.39, 0.29) is 0 Å². The number of guanidine groups is 1. The molecule has 0 aliphatic heterocycles. The molecule has 2 fully saturated rings. The Hall–Kier alpha value is -1.14. The molecule has 24 heavy (non-hydrogen) atoms. The molecule has 2 aliphatic carbocycles. The summed E-state index contributed by atoms with van der Waals surface area (Å²) in [5.41, 5.74) is 0.309. The Balaban J connectivity index is 1.58. The molecule has 5 nitrogen and oxygen atoms in total. The van der Waals surface area contributed by atoms with Gasteiger partial charge in [-0.1, -0.05) is 19.3 Å². The highest BCUT2D eigenvalue weighted by atomic mass is 32.1. The Morgan fingerprint density at radius 1 is 1.42 bits per heavy atom. The van der Waals surface area contributed by atoms with Crippen LogP contribution in [-0.2, 0) is 11.3 Å². The molecule has 2 atom stereocenters. The van der Waals surface area contributed by atoms with Crippen LogP contribution in [0.15, 0.2) is 11.2 Å². The number of thiazole rings is 1. The minimum atomic E-state index is 0.309. The standard InChI is InChI=1S/C18H30N4OS/c1-4-23-15-10-14(18(15)8-6-5-7-9-18)22-17(19-3)21-12-16-20-11-13(2)24-16/h11,14-15H,4-10,12H2,1-3H3,(H2,19,21,22). The second-order valence-corrected chi connectivity index (χ2v) is 8.28. The second-order valence-electron chi connectivity index (χ2n) is 6.96. The normalized spacial score (nSPS) is 26.2. The van der Waals surface area contributed by atoms with E-state index in [1.54, 1.807) is 11.3 Å². The minimum Gasteiger partial charge on any atom is -0.378 e. The predicted molar refractivity (Wildman–Crippen MR) is 99.5 cm³/mol. The van der Waals surface area contributed by atoms with E-state index in [1.807, 2.05) is 13.2 Å². The molecule has 2 saturated carbocycles. The van der Waals surface area contributed by atoms with E-state index in [0.29, 0.717) is 17.6 Å². The first-order valence-corrected chi connectivity index (χ1v) is 9.99. The number of hydrogen-bond acceptors (Lipinski definition) is 4. The van der Waals surface area contributed by atoms with Crippen LogP contribution in [0, 0.1) is 12.3 Å². The van der Waals surface area contributed by atoms with Gasteiger partial charge in [-0.05, 0) is 33.1 Å². The van der Waals surface area contributed by atoms with E-state index in [4.69, 9.17) is 4.74 Å². The van der Waals surface area contributed by atoms with Crippen LogP contribution in [0.3, 0.4) is 0 Å². The number of nitrogens with zero attached hydrogens (tertiary/aromatic N) is 2. The fourth-order valence-corrected chi connectivity index (χ4v) is 4.99. The summed E-state index contributed by atoms with van der Waals surface area (Å²) >= 11 is 1.73. The molecule has 3 rings (SSSR count). The van der Waals surface area contributed by atoms with Gasteiger partial charge in [-0.15, -0.1) is 11.3 Å². The zero-order valence-electron chi connectivity index (χ0n) is 15.1. The Morgan fingerprint density at radius 2 is 2.21 bits per heavy atom. The first-order chi connectivity index (χ1) is 11.7. The van der Waals surface area contributed by atoms with Crippen LogP contribution in [0.4, 0.5) is 0 Å². The van der Waals surface area contributed by atoms with Crippen molar-refractivity contribution in [2.24, 2.45) is 10.4 Å². The maximum Gasteiger partial charge on any atom is 0.191 e. The molecule has 2 unspecified atom stereocenters. The van der Waals surface area contributed by atoms with E-state index in [9.17, 15) is 0 Å². The van der Waals surface area contributed by atoms with Crippen molar-refractivity contribution in [3.63, 3.8) is 0 Å². The van der Waals surface area contributed by atoms with Gasteiger partial charge in [0.2, 0.25) is 0 Å².